The SMILES string of the molecule is CCCN(CC)S(=O)(=O)c1ccccc1CN. The van der Waals surface area contributed by atoms with E-state index in [0.717, 1.165) is 6.42 Å². The van der Waals surface area contributed by atoms with Crippen LogP contribution in [0.2, 0.25) is 0 Å². The average molecular weight is 256 g/mol. The van der Waals surface area contributed by atoms with Gasteiger partial charge in [0.05, 0.1) is 4.90 Å². The maximum Gasteiger partial charge on any atom is 0.243 e. The van der Waals surface area contributed by atoms with Crippen LogP contribution < -0.4 is 5.73 Å². The van der Waals surface area contributed by atoms with E-state index in [9.17, 15) is 8.42 Å². The molecule has 0 saturated heterocycles. The van der Waals surface area contributed by atoms with E-state index in [1.165, 1.54) is 4.31 Å². The van der Waals surface area contributed by atoms with Crippen molar-refractivity contribution in [1.29, 1.82) is 0 Å². The van der Waals surface area contributed by atoms with Crippen LogP contribution in [0.25, 0.3) is 0 Å². The predicted octanol–water partition coefficient (Wildman–Crippen LogP) is 1.57. The Morgan fingerprint density at radius 3 is 2.41 bits per heavy atom. The van der Waals surface area contributed by atoms with Gasteiger partial charge in [-0.05, 0) is 18.1 Å². The van der Waals surface area contributed by atoms with E-state index in [2.05, 4.69) is 0 Å². The van der Waals surface area contributed by atoms with Crippen LogP contribution in [0.3, 0.4) is 0 Å². The first-order valence-corrected chi connectivity index (χ1v) is 7.30. The highest BCUT2D eigenvalue weighted by molar-refractivity contribution is 7.89. The predicted molar refractivity (Wildman–Crippen MR) is 69.1 cm³/mol. The van der Waals surface area contributed by atoms with E-state index in [0.29, 0.717) is 23.5 Å². The summed E-state index contributed by atoms with van der Waals surface area (Å²) in [4.78, 5) is 0.331. The number of benzene rings is 1. The molecule has 0 aliphatic rings. The standard InChI is InChI=1S/C12H20N2O2S/c1-3-9-14(4-2)17(15,16)12-8-6-5-7-11(12)10-13/h5-8H,3-4,9-10,13H2,1-2H3. The van der Waals surface area contributed by atoms with E-state index in [1.54, 1.807) is 24.3 Å². The molecule has 2 N–H and O–H groups in total. The molecule has 0 saturated carbocycles. The monoisotopic (exact) mass is 256 g/mol. The van der Waals surface area contributed by atoms with Gasteiger partial charge in [0.15, 0.2) is 0 Å². The third-order valence-corrected chi connectivity index (χ3v) is 4.71. The van der Waals surface area contributed by atoms with Gasteiger partial charge in [0, 0.05) is 19.6 Å². The molecule has 0 atom stereocenters. The summed E-state index contributed by atoms with van der Waals surface area (Å²) >= 11 is 0. The van der Waals surface area contributed by atoms with Crippen LogP contribution >= 0.6 is 0 Å². The Morgan fingerprint density at radius 1 is 1.24 bits per heavy atom. The first-order valence-electron chi connectivity index (χ1n) is 5.86. The summed E-state index contributed by atoms with van der Waals surface area (Å²) < 4.78 is 26.3. The van der Waals surface area contributed by atoms with Gasteiger partial charge in [-0.2, -0.15) is 4.31 Å². The summed E-state index contributed by atoms with van der Waals surface area (Å²) in [5, 5.41) is 0. The molecule has 0 heterocycles. The Kier molecular flexibility index (Phi) is 5.11. The second-order valence-electron chi connectivity index (χ2n) is 3.81. The lowest BCUT2D eigenvalue weighted by molar-refractivity contribution is 0.426. The van der Waals surface area contributed by atoms with Crippen LogP contribution in [0.1, 0.15) is 25.8 Å². The fourth-order valence-corrected chi connectivity index (χ4v) is 3.54. The molecule has 1 aromatic rings. The molecule has 0 spiro atoms. The molecule has 0 aliphatic carbocycles. The first kappa shape index (κ1) is 14.2. The summed E-state index contributed by atoms with van der Waals surface area (Å²) in [5.41, 5.74) is 6.25. The topological polar surface area (TPSA) is 63.4 Å². The summed E-state index contributed by atoms with van der Waals surface area (Å²) in [6, 6.07) is 6.91. The zero-order valence-electron chi connectivity index (χ0n) is 10.4. The van der Waals surface area contributed by atoms with Crippen LogP contribution in [0.5, 0.6) is 0 Å². The third-order valence-electron chi connectivity index (χ3n) is 2.64. The van der Waals surface area contributed by atoms with Crippen molar-refractivity contribution in [3.8, 4) is 0 Å². The van der Waals surface area contributed by atoms with Crippen LogP contribution in [0.4, 0.5) is 0 Å². The molecule has 96 valence electrons. The van der Waals surface area contributed by atoms with E-state index in [-0.39, 0.29) is 6.54 Å². The molecule has 5 heteroatoms. The molecule has 0 fully saturated rings. The highest BCUT2D eigenvalue weighted by Crippen LogP contribution is 2.19. The van der Waals surface area contributed by atoms with Crippen molar-refractivity contribution < 1.29 is 8.42 Å². The van der Waals surface area contributed by atoms with Gasteiger partial charge in [0.1, 0.15) is 0 Å². The van der Waals surface area contributed by atoms with Crippen molar-refractivity contribution in [3.05, 3.63) is 29.8 Å². The van der Waals surface area contributed by atoms with Crippen molar-refractivity contribution >= 4 is 10.0 Å². The number of nitrogens with two attached hydrogens (primary N) is 1. The van der Waals surface area contributed by atoms with Gasteiger partial charge in [0.2, 0.25) is 10.0 Å². The van der Waals surface area contributed by atoms with Crippen LogP contribution in [0.15, 0.2) is 29.2 Å². The van der Waals surface area contributed by atoms with Crippen molar-refractivity contribution in [2.24, 2.45) is 5.73 Å². The lowest BCUT2D eigenvalue weighted by atomic mass is 10.2. The Labute approximate surface area is 103 Å². The molecule has 0 bridgehead atoms. The molecule has 0 unspecified atom stereocenters. The molecule has 1 aromatic carbocycles. The molecule has 17 heavy (non-hydrogen) atoms. The minimum absolute atomic E-state index is 0.235. The smallest absolute Gasteiger partial charge is 0.243 e. The zero-order valence-corrected chi connectivity index (χ0v) is 11.2. The molecule has 0 radical (unpaired) electrons. The minimum atomic E-state index is -3.40. The maximum atomic E-state index is 12.4. The van der Waals surface area contributed by atoms with Crippen LogP contribution in [-0.4, -0.2) is 25.8 Å². The fraction of sp³-hybridized carbons (Fsp3) is 0.500. The number of hydrogen-bond acceptors (Lipinski definition) is 3. The fourth-order valence-electron chi connectivity index (χ4n) is 1.76. The minimum Gasteiger partial charge on any atom is -0.326 e. The normalized spacial score (nSPS) is 12.0. The molecular formula is C12H20N2O2S. The van der Waals surface area contributed by atoms with Gasteiger partial charge in [-0.1, -0.05) is 32.0 Å². The van der Waals surface area contributed by atoms with E-state index in [4.69, 9.17) is 5.73 Å². The highest BCUT2D eigenvalue weighted by Gasteiger charge is 2.24. The van der Waals surface area contributed by atoms with Crippen molar-refractivity contribution in [3.63, 3.8) is 0 Å². The highest BCUT2D eigenvalue weighted by atomic mass is 32.2. The average Bonchev–Trinajstić information content (AvgIpc) is 2.35. The van der Waals surface area contributed by atoms with E-state index in [1.807, 2.05) is 13.8 Å². The Bertz CT molecular complexity index is 457. The lowest BCUT2D eigenvalue weighted by Gasteiger charge is -2.21. The van der Waals surface area contributed by atoms with Crippen molar-refractivity contribution in [2.75, 3.05) is 13.1 Å². The molecule has 0 aromatic heterocycles. The number of rotatable bonds is 6. The van der Waals surface area contributed by atoms with Crippen molar-refractivity contribution in [1.82, 2.24) is 4.31 Å². The van der Waals surface area contributed by atoms with Crippen LogP contribution in [0, 0.1) is 0 Å². The first-order chi connectivity index (χ1) is 8.07. The third kappa shape index (κ3) is 3.06. The summed E-state index contributed by atoms with van der Waals surface area (Å²) in [7, 11) is -3.40. The second kappa shape index (κ2) is 6.14. The quantitative estimate of drug-likeness (QED) is 0.840. The molecule has 0 aliphatic heterocycles. The number of hydrogen-bond donors (Lipinski definition) is 1. The van der Waals surface area contributed by atoms with Gasteiger partial charge in [-0.3, -0.25) is 0 Å². The van der Waals surface area contributed by atoms with Gasteiger partial charge in [0.25, 0.3) is 0 Å². The molecule has 1 rings (SSSR count). The van der Waals surface area contributed by atoms with Gasteiger partial charge in [-0.25, -0.2) is 8.42 Å². The molecule has 0 amide bonds. The second-order valence-corrected chi connectivity index (χ2v) is 5.71. The Hall–Kier alpha value is -0.910. The summed E-state index contributed by atoms with van der Waals surface area (Å²) in [6.07, 6.45) is 0.803. The van der Waals surface area contributed by atoms with Gasteiger partial charge in [-0.15, -0.1) is 0 Å². The zero-order chi connectivity index (χ0) is 12.9. The largest absolute Gasteiger partial charge is 0.326 e. The number of nitrogens with zero attached hydrogens (tertiary/aromatic N) is 1. The number of sulfonamides is 1. The van der Waals surface area contributed by atoms with Gasteiger partial charge >= 0.3 is 0 Å². The van der Waals surface area contributed by atoms with E-state index < -0.39 is 10.0 Å². The summed E-state index contributed by atoms with van der Waals surface area (Å²) in [5.74, 6) is 0. The lowest BCUT2D eigenvalue weighted by Crippen LogP contribution is -2.32. The van der Waals surface area contributed by atoms with Crippen molar-refractivity contribution in [2.45, 2.75) is 31.7 Å². The maximum absolute atomic E-state index is 12.4. The summed E-state index contributed by atoms with van der Waals surface area (Å²) in [6.45, 7) is 5.07. The van der Waals surface area contributed by atoms with Gasteiger partial charge < -0.3 is 5.73 Å². The molecular weight excluding hydrogens is 236 g/mol. The molecule has 4 nitrogen and oxygen atoms in total. The van der Waals surface area contributed by atoms with Crippen LogP contribution in [-0.2, 0) is 16.6 Å². The Balaban J connectivity index is 3.20. The van der Waals surface area contributed by atoms with E-state index >= 15 is 0 Å². The Morgan fingerprint density at radius 2 is 1.88 bits per heavy atom.